The third-order valence-electron chi connectivity index (χ3n) is 3.92. The van der Waals surface area contributed by atoms with Gasteiger partial charge in [-0.2, -0.15) is 0 Å². The van der Waals surface area contributed by atoms with Gasteiger partial charge in [0.2, 0.25) is 5.91 Å². The summed E-state index contributed by atoms with van der Waals surface area (Å²) in [7, 11) is 0. The van der Waals surface area contributed by atoms with Crippen LogP contribution in [0.25, 0.3) is 0 Å². The second-order valence-corrected chi connectivity index (χ2v) is 6.00. The molecule has 1 amide bonds. The van der Waals surface area contributed by atoms with Crippen molar-refractivity contribution in [3.63, 3.8) is 0 Å². The van der Waals surface area contributed by atoms with Crippen LogP contribution in [0.5, 0.6) is 0 Å². The lowest BCUT2D eigenvalue weighted by Crippen LogP contribution is -2.39. The van der Waals surface area contributed by atoms with Crippen LogP contribution in [0.3, 0.4) is 0 Å². The summed E-state index contributed by atoms with van der Waals surface area (Å²) in [6.45, 7) is 8.20. The third kappa shape index (κ3) is 7.53. The summed E-state index contributed by atoms with van der Waals surface area (Å²) in [6, 6.07) is 0.245. The number of amides is 1. The maximum atomic E-state index is 11.9. The SMILES string of the molecule is CC(N)CCCC(C)C(=O)NCCN1CCCCC1. The fourth-order valence-corrected chi connectivity index (χ4v) is 2.57. The Bertz CT molecular complexity index is 250. The summed E-state index contributed by atoms with van der Waals surface area (Å²) in [4.78, 5) is 14.3. The van der Waals surface area contributed by atoms with E-state index in [-0.39, 0.29) is 17.9 Å². The van der Waals surface area contributed by atoms with Crippen molar-refractivity contribution in [1.29, 1.82) is 0 Å². The summed E-state index contributed by atoms with van der Waals surface area (Å²) in [5.74, 6) is 0.307. The molecular formula is C15H31N3O. The highest BCUT2D eigenvalue weighted by Crippen LogP contribution is 2.09. The van der Waals surface area contributed by atoms with E-state index in [2.05, 4.69) is 10.2 Å². The van der Waals surface area contributed by atoms with Gasteiger partial charge < -0.3 is 16.0 Å². The molecule has 0 aliphatic carbocycles. The molecule has 1 heterocycles. The number of likely N-dealkylation sites (tertiary alicyclic amines) is 1. The molecule has 0 aromatic rings. The molecule has 1 fully saturated rings. The van der Waals surface area contributed by atoms with Crippen LogP contribution >= 0.6 is 0 Å². The van der Waals surface area contributed by atoms with Crippen molar-refractivity contribution < 1.29 is 4.79 Å². The van der Waals surface area contributed by atoms with Crippen molar-refractivity contribution in [3.8, 4) is 0 Å². The van der Waals surface area contributed by atoms with Crippen molar-refractivity contribution in [3.05, 3.63) is 0 Å². The summed E-state index contributed by atoms with van der Waals surface area (Å²) >= 11 is 0. The largest absolute Gasteiger partial charge is 0.355 e. The first-order valence-corrected chi connectivity index (χ1v) is 7.85. The van der Waals surface area contributed by atoms with E-state index in [9.17, 15) is 4.79 Å². The molecule has 0 aromatic heterocycles. The standard InChI is InChI=1S/C15H31N3O/c1-13(7-6-8-14(2)16)15(19)17-9-12-18-10-4-3-5-11-18/h13-14H,3-12,16H2,1-2H3,(H,17,19). The van der Waals surface area contributed by atoms with E-state index in [0.717, 1.165) is 32.4 Å². The highest BCUT2D eigenvalue weighted by molar-refractivity contribution is 5.78. The number of nitrogens with zero attached hydrogens (tertiary/aromatic N) is 1. The van der Waals surface area contributed by atoms with Crippen LogP contribution < -0.4 is 11.1 Å². The van der Waals surface area contributed by atoms with Crippen molar-refractivity contribution >= 4 is 5.91 Å². The van der Waals surface area contributed by atoms with Crippen LogP contribution in [-0.2, 0) is 4.79 Å². The highest BCUT2D eigenvalue weighted by Gasteiger charge is 2.14. The minimum Gasteiger partial charge on any atom is -0.355 e. The van der Waals surface area contributed by atoms with Crippen molar-refractivity contribution in [2.75, 3.05) is 26.2 Å². The van der Waals surface area contributed by atoms with Gasteiger partial charge in [-0.15, -0.1) is 0 Å². The zero-order chi connectivity index (χ0) is 14.1. The second kappa shape index (κ2) is 9.32. The molecule has 2 atom stereocenters. The number of carbonyl (C=O) groups is 1. The molecule has 19 heavy (non-hydrogen) atoms. The number of hydrogen-bond donors (Lipinski definition) is 2. The minimum absolute atomic E-state index is 0.111. The first-order chi connectivity index (χ1) is 9.09. The maximum absolute atomic E-state index is 11.9. The lowest BCUT2D eigenvalue weighted by atomic mass is 10.0. The number of rotatable bonds is 8. The quantitative estimate of drug-likeness (QED) is 0.706. The topological polar surface area (TPSA) is 58.4 Å². The Kier molecular flexibility index (Phi) is 8.07. The number of nitrogens with one attached hydrogen (secondary N) is 1. The van der Waals surface area contributed by atoms with Gasteiger partial charge in [0.1, 0.15) is 0 Å². The molecular weight excluding hydrogens is 238 g/mol. The Balaban J connectivity index is 2.05. The van der Waals surface area contributed by atoms with E-state index in [1.165, 1.54) is 32.4 Å². The summed E-state index contributed by atoms with van der Waals surface area (Å²) in [5, 5.41) is 3.06. The van der Waals surface area contributed by atoms with Crippen molar-refractivity contribution in [1.82, 2.24) is 10.2 Å². The molecule has 0 spiro atoms. The summed E-state index contributed by atoms with van der Waals surface area (Å²) in [5.41, 5.74) is 5.71. The number of carbonyl (C=O) groups excluding carboxylic acids is 1. The van der Waals surface area contributed by atoms with Crippen LogP contribution in [0, 0.1) is 5.92 Å². The van der Waals surface area contributed by atoms with E-state index < -0.39 is 0 Å². The molecule has 3 N–H and O–H groups in total. The van der Waals surface area contributed by atoms with Crippen LogP contribution in [0.2, 0.25) is 0 Å². The minimum atomic E-state index is 0.111. The van der Waals surface area contributed by atoms with Gasteiger partial charge in [0.25, 0.3) is 0 Å². The zero-order valence-corrected chi connectivity index (χ0v) is 12.7. The van der Waals surface area contributed by atoms with Crippen molar-refractivity contribution in [2.24, 2.45) is 11.7 Å². The van der Waals surface area contributed by atoms with Crippen molar-refractivity contribution in [2.45, 2.75) is 58.4 Å². The first kappa shape index (κ1) is 16.4. The number of nitrogens with two attached hydrogens (primary N) is 1. The molecule has 0 bridgehead atoms. The van der Waals surface area contributed by atoms with Gasteiger partial charge in [-0.3, -0.25) is 4.79 Å². The highest BCUT2D eigenvalue weighted by atomic mass is 16.1. The molecule has 4 nitrogen and oxygen atoms in total. The monoisotopic (exact) mass is 269 g/mol. The van der Waals surface area contributed by atoms with E-state index >= 15 is 0 Å². The zero-order valence-electron chi connectivity index (χ0n) is 12.7. The van der Waals surface area contributed by atoms with E-state index in [1.54, 1.807) is 0 Å². The van der Waals surface area contributed by atoms with Gasteiger partial charge in [0.05, 0.1) is 0 Å². The van der Waals surface area contributed by atoms with Crippen LogP contribution in [0.4, 0.5) is 0 Å². The Hall–Kier alpha value is -0.610. The first-order valence-electron chi connectivity index (χ1n) is 7.85. The molecule has 0 saturated carbocycles. The Morgan fingerprint density at radius 3 is 2.53 bits per heavy atom. The molecule has 4 heteroatoms. The molecule has 112 valence electrons. The summed E-state index contributed by atoms with van der Waals surface area (Å²) in [6.07, 6.45) is 6.96. The Labute approximate surface area is 118 Å². The van der Waals surface area contributed by atoms with Gasteiger partial charge in [0, 0.05) is 25.0 Å². The Morgan fingerprint density at radius 2 is 1.89 bits per heavy atom. The molecule has 1 aliphatic heterocycles. The lowest BCUT2D eigenvalue weighted by Gasteiger charge is -2.26. The fourth-order valence-electron chi connectivity index (χ4n) is 2.57. The van der Waals surface area contributed by atoms with Crippen LogP contribution in [-0.4, -0.2) is 43.0 Å². The predicted molar refractivity (Wildman–Crippen MR) is 80.0 cm³/mol. The molecule has 1 aliphatic rings. The van der Waals surface area contributed by atoms with Gasteiger partial charge in [-0.05, 0) is 45.7 Å². The molecule has 0 radical (unpaired) electrons. The number of hydrogen-bond acceptors (Lipinski definition) is 3. The van der Waals surface area contributed by atoms with Crippen LogP contribution in [0.15, 0.2) is 0 Å². The normalized spacial score (nSPS) is 19.9. The van der Waals surface area contributed by atoms with Gasteiger partial charge in [0.15, 0.2) is 0 Å². The molecule has 2 unspecified atom stereocenters. The average molecular weight is 269 g/mol. The predicted octanol–water partition coefficient (Wildman–Crippen LogP) is 1.74. The van der Waals surface area contributed by atoms with Gasteiger partial charge >= 0.3 is 0 Å². The summed E-state index contributed by atoms with van der Waals surface area (Å²) < 4.78 is 0. The van der Waals surface area contributed by atoms with E-state index in [4.69, 9.17) is 5.73 Å². The van der Waals surface area contributed by atoms with Gasteiger partial charge in [-0.25, -0.2) is 0 Å². The molecule has 1 rings (SSSR count). The maximum Gasteiger partial charge on any atom is 0.222 e. The second-order valence-electron chi connectivity index (χ2n) is 6.00. The Morgan fingerprint density at radius 1 is 1.21 bits per heavy atom. The smallest absolute Gasteiger partial charge is 0.222 e. The van der Waals surface area contributed by atoms with Gasteiger partial charge in [-0.1, -0.05) is 19.8 Å². The average Bonchev–Trinajstić information content (AvgIpc) is 2.39. The lowest BCUT2D eigenvalue weighted by molar-refractivity contribution is -0.124. The van der Waals surface area contributed by atoms with Crippen LogP contribution in [0.1, 0.15) is 52.4 Å². The molecule has 1 saturated heterocycles. The van der Waals surface area contributed by atoms with E-state index in [0.29, 0.717) is 0 Å². The molecule has 0 aromatic carbocycles. The fraction of sp³-hybridized carbons (Fsp3) is 0.933. The number of piperidine rings is 1. The third-order valence-corrected chi connectivity index (χ3v) is 3.92. The van der Waals surface area contributed by atoms with E-state index in [1.807, 2.05) is 13.8 Å².